The summed E-state index contributed by atoms with van der Waals surface area (Å²) in [5.41, 5.74) is 7.84. The van der Waals surface area contributed by atoms with Crippen molar-refractivity contribution in [2.24, 2.45) is 20.7 Å². The monoisotopic (exact) mass is 427 g/mol. The summed E-state index contributed by atoms with van der Waals surface area (Å²) in [6, 6.07) is 11.0. The largest absolute Gasteiger partial charge is 0.491 e. The highest BCUT2D eigenvalue weighted by Crippen LogP contribution is 2.31. The predicted molar refractivity (Wildman–Crippen MR) is 116 cm³/mol. The van der Waals surface area contributed by atoms with Gasteiger partial charge in [0.05, 0.1) is 6.54 Å². The van der Waals surface area contributed by atoms with Crippen LogP contribution in [0.15, 0.2) is 57.4 Å². The Labute approximate surface area is 179 Å². The Morgan fingerprint density at radius 1 is 1.32 bits per heavy atom. The van der Waals surface area contributed by atoms with Gasteiger partial charge in [-0.2, -0.15) is 0 Å². The Balaban J connectivity index is 2.01. The second kappa shape index (κ2) is 10.4. The number of carbonyl (C=O) groups is 1. The van der Waals surface area contributed by atoms with E-state index in [2.05, 4.69) is 15.0 Å². The van der Waals surface area contributed by atoms with Gasteiger partial charge in [0, 0.05) is 19.2 Å². The van der Waals surface area contributed by atoms with Gasteiger partial charge in [0.15, 0.2) is 5.96 Å². The van der Waals surface area contributed by atoms with Gasteiger partial charge >= 0.3 is 0 Å². The summed E-state index contributed by atoms with van der Waals surface area (Å²) >= 11 is 0. The lowest BCUT2D eigenvalue weighted by Crippen LogP contribution is -2.33. The Bertz CT molecular complexity index is 992. The number of nitrogens with zero attached hydrogens (tertiary/aromatic N) is 4. The standard InChI is InChI=1S/C22H23F2N5O2/c1-29(14-30)22(25)28-21(15-2-5-18(6-3-15)31-9-8-23)16-4-7-20(24)19(10-16)17-11-26-13-27-12-17/h2-7,10-11,13-14,17,21H,8-9,12H2,1H3,(H2,25,28)/t17?,21-/m1/s1. The van der Waals surface area contributed by atoms with Gasteiger partial charge in [-0.15, -0.1) is 0 Å². The van der Waals surface area contributed by atoms with E-state index in [1.54, 1.807) is 42.6 Å². The molecular formula is C22H23F2N5O2. The summed E-state index contributed by atoms with van der Waals surface area (Å²) in [7, 11) is 1.49. The molecule has 1 aliphatic rings. The fraction of sp³-hybridized carbons (Fsp3) is 0.273. The fourth-order valence-corrected chi connectivity index (χ4v) is 3.11. The smallest absolute Gasteiger partial charge is 0.216 e. The van der Waals surface area contributed by atoms with Crippen LogP contribution in [0.25, 0.3) is 0 Å². The third kappa shape index (κ3) is 5.50. The molecule has 2 aromatic rings. The lowest BCUT2D eigenvalue weighted by atomic mass is 9.92. The first-order valence-corrected chi connectivity index (χ1v) is 9.64. The van der Waals surface area contributed by atoms with E-state index in [0.29, 0.717) is 29.8 Å². The number of benzene rings is 2. The maximum atomic E-state index is 14.6. The van der Waals surface area contributed by atoms with Crippen molar-refractivity contribution in [2.45, 2.75) is 12.0 Å². The lowest BCUT2D eigenvalue weighted by Gasteiger charge is -2.20. The van der Waals surface area contributed by atoms with Crippen LogP contribution in [0, 0.1) is 5.82 Å². The molecule has 2 atom stereocenters. The van der Waals surface area contributed by atoms with E-state index in [1.807, 2.05) is 0 Å². The lowest BCUT2D eigenvalue weighted by molar-refractivity contribution is -0.114. The fourth-order valence-electron chi connectivity index (χ4n) is 3.11. The zero-order valence-electron chi connectivity index (χ0n) is 17.0. The minimum Gasteiger partial charge on any atom is -0.491 e. The highest BCUT2D eigenvalue weighted by molar-refractivity contribution is 5.87. The molecule has 0 spiro atoms. The van der Waals surface area contributed by atoms with E-state index in [9.17, 15) is 13.6 Å². The van der Waals surface area contributed by atoms with Crippen molar-refractivity contribution in [3.05, 3.63) is 65.0 Å². The predicted octanol–water partition coefficient (Wildman–Crippen LogP) is 2.86. The highest BCUT2D eigenvalue weighted by Gasteiger charge is 2.21. The molecule has 0 saturated carbocycles. The molecule has 0 radical (unpaired) electrons. The minimum absolute atomic E-state index is 0.00691. The van der Waals surface area contributed by atoms with Crippen LogP contribution in [0.4, 0.5) is 8.78 Å². The van der Waals surface area contributed by atoms with Crippen LogP contribution in [-0.4, -0.2) is 56.7 Å². The van der Waals surface area contributed by atoms with Crippen LogP contribution in [-0.2, 0) is 4.79 Å². The maximum Gasteiger partial charge on any atom is 0.216 e. The van der Waals surface area contributed by atoms with Gasteiger partial charge in [-0.3, -0.25) is 14.7 Å². The van der Waals surface area contributed by atoms with Gasteiger partial charge in [-0.25, -0.2) is 18.8 Å². The molecule has 1 aliphatic heterocycles. The summed E-state index contributed by atoms with van der Waals surface area (Å²) in [4.78, 5) is 24.9. The summed E-state index contributed by atoms with van der Waals surface area (Å²) in [5.74, 6) is -0.139. The number of halogens is 2. The topological polar surface area (TPSA) is 92.6 Å². The molecule has 1 amide bonds. The van der Waals surface area contributed by atoms with Crippen LogP contribution in [0.3, 0.4) is 0 Å². The third-order valence-electron chi connectivity index (χ3n) is 4.77. The number of hydrogen-bond acceptors (Lipinski definition) is 5. The molecular weight excluding hydrogens is 404 g/mol. The second-order valence-corrected chi connectivity index (χ2v) is 6.88. The second-order valence-electron chi connectivity index (χ2n) is 6.88. The summed E-state index contributed by atoms with van der Waals surface area (Å²) in [6.45, 7) is -0.227. The maximum absolute atomic E-state index is 14.6. The number of nitrogens with two attached hydrogens (primary N) is 1. The molecule has 2 aromatic carbocycles. The number of guanidine groups is 1. The Hall–Kier alpha value is -3.62. The van der Waals surface area contributed by atoms with Crippen LogP contribution in [0.1, 0.15) is 28.7 Å². The average Bonchev–Trinajstić information content (AvgIpc) is 2.82. The first-order chi connectivity index (χ1) is 15.0. The van der Waals surface area contributed by atoms with Gasteiger partial charge in [0.1, 0.15) is 37.2 Å². The molecule has 0 aliphatic carbocycles. The zero-order valence-corrected chi connectivity index (χ0v) is 17.0. The summed E-state index contributed by atoms with van der Waals surface area (Å²) in [6.07, 6.45) is 3.64. The molecule has 0 aromatic heterocycles. The van der Waals surface area contributed by atoms with Crippen molar-refractivity contribution in [1.29, 1.82) is 0 Å². The van der Waals surface area contributed by atoms with Gasteiger partial charge in [0.25, 0.3) is 0 Å². The van der Waals surface area contributed by atoms with E-state index in [4.69, 9.17) is 10.5 Å². The molecule has 0 fully saturated rings. The normalized spacial score (nSPS) is 16.7. The van der Waals surface area contributed by atoms with Gasteiger partial charge in [-0.1, -0.05) is 18.2 Å². The number of ether oxygens (including phenoxy) is 1. The van der Waals surface area contributed by atoms with Crippen LogP contribution in [0.5, 0.6) is 5.75 Å². The number of amides is 1. The Morgan fingerprint density at radius 3 is 2.71 bits per heavy atom. The molecule has 1 unspecified atom stereocenters. The number of alkyl halides is 1. The van der Waals surface area contributed by atoms with Crippen molar-refractivity contribution in [3.63, 3.8) is 0 Å². The molecule has 31 heavy (non-hydrogen) atoms. The van der Waals surface area contributed by atoms with E-state index in [1.165, 1.54) is 19.5 Å². The van der Waals surface area contributed by atoms with Crippen molar-refractivity contribution in [3.8, 4) is 5.75 Å². The van der Waals surface area contributed by atoms with Crippen LogP contribution in [0.2, 0.25) is 0 Å². The molecule has 2 N–H and O–H groups in total. The van der Waals surface area contributed by atoms with Gasteiger partial charge in [-0.05, 0) is 41.0 Å². The van der Waals surface area contributed by atoms with Crippen LogP contribution >= 0.6 is 0 Å². The Morgan fingerprint density at radius 2 is 2.06 bits per heavy atom. The first-order valence-electron chi connectivity index (χ1n) is 9.64. The van der Waals surface area contributed by atoms with E-state index >= 15 is 0 Å². The summed E-state index contributed by atoms with van der Waals surface area (Å²) in [5, 5.41) is 0. The zero-order chi connectivity index (χ0) is 22.2. The molecule has 9 heteroatoms. The first kappa shape index (κ1) is 22.1. The number of hydrogen-bond donors (Lipinski definition) is 1. The third-order valence-corrected chi connectivity index (χ3v) is 4.77. The molecule has 0 bridgehead atoms. The minimum atomic E-state index is -0.610. The molecule has 162 valence electrons. The number of rotatable bonds is 8. The van der Waals surface area contributed by atoms with E-state index in [0.717, 1.165) is 10.5 Å². The summed E-state index contributed by atoms with van der Waals surface area (Å²) < 4.78 is 32.2. The van der Waals surface area contributed by atoms with E-state index in [-0.39, 0.29) is 24.3 Å². The van der Waals surface area contributed by atoms with Crippen molar-refractivity contribution >= 4 is 24.9 Å². The highest BCUT2D eigenvalue weighted by atomic mass is 19.1. The van der Waals surface area contributed by atoms with Gasteiger partial charge in [0.2, 0.25) is 6.41 Å². The van der Waals surface area contributed by atoms with Gasteiger partial charge < -0.3 is 10.5 Å². The van der Waals surface area contributed by atoms with Crippen molar-refractivity contribution in [2.75, 3.05) is 26.9 Å². The van der Waals surface area contributed by atoms with Crippen molar-refractivity contribution < 1.29 is 18.3 Å². The van der Waals surface area contributed by atoms with Crippen LogP contribution < -0.4 is 10.5 Å². The SMILES string of the molecule is CN(C=O)C(N)=N[C@H](c1ccc(OCCF)cc1)c1ccc(F)c(C2C=NC=NC2)c1. The quantitative estimate of drug-likeness (QED) is 0.399. The van der Waals surface area contributed by atoms with E-state index < -0.39 is 12.7 Å². The molecule has 7 nitrogen and oxygen atoms in total. The van der Waals surface area contributed by atoms with Crippen molar-refractivity contribution in [1.82, 2.24) is 4.90 Å². The molecule has 1 heterocycles. The number of carbonyl (C=O) groups excluding carboxylic acids is 1. The number of aliphatic imine (C=N–C) groups is 3. The Kier molecular flexibility index (Phi) is 7.42. The average molecular weight is 427 g/mol. The molecule has 3 rings (SSSR count). The molecule has 0 saturated heterocycles.